The fourth-order valence-corrected chi connectivity index (χ4v) is 3.24. The number of sulfonamides is 1. The van der Waals surface area contributed by atoms with E-state index in [1.807, 2.05) is 13.8 Å². The molecule has 0 bridgehead atoms. The Morgan fingerprint density at radius 3 is 2.73 bits per heavy atom. The standard InChI is InChI=1S/C18H24N6O5S/c1-3-11(2)23-18(25)29-14-5-16(28-10-14)12-6-21-17(22-7-12)24-13-4-15(9-20-8-13)30(19,26)27/h4,6-9,11,14,16H,3,5,10H2,1-2H3,(H,23,25)(H2,19,26,27)(H,21,22,24)/t11-,14-,16-/m0/s1. The third-order valence-corrected chi connectivity index (χ3v) is 5.43. The zero-order chi connectivity index (χ0) is 21.7. The maximum atomic E-state index is 11.8. The van der Waals surface area contributed by atoms with E-state index in [-0.39, 0.29) is 29.1 Å². The topological polar surface area (TPSA) is 158 Å². The van der Waals surface area contributed by atoms with Crippen molar-refractivity contribution < 1.29 is 22.7 Å². The Hall–Kier alpha value is -2.83. The molecule has 3 rings (SSSR count). The zero-order valence-electron chi connectivity index (χ0n) is 16.6. The number of alkyl carbamates (subject to hydrolysis) is 1. The second kappa shape index (κ2) is 9.32. The highest BCUT2D eigenvalue weighted by molar-refractivity contribution is 7.89. The van der Waals surface area contributed by atoms with Crippen molar-refractivity contribution in [3.8, 4) is 0 Å². The molecular formula is C18H24N6O5S. The van der Waals surface area contributed by atoms with Gasteiger partial charge in [0.05, 0.1) is 24.6 Å². The lowest BCUT2D eigenvalue weighted by Crippen LogP contribution is -2.35. The molecule has 2 aromatic rings. The molecule has 12 heteroatoms. The van der Waals surface area contributed by atoms with Crippen molar-refractivity contribution in [2.24, 2.45) is 5.14 Å². The second-order valence-corrected chi connectivity index (χ2v) is 8.52. The Kier molecular flexibility index (Phi) is 6.80. The van der Waals surface area contributed by atoms with E-state index >= 15 is 0 Å². The number of nitrogens with one attached hydrogen (secondary N) is 2. The normalized spacial score (nSPS) is 19.8. The molecule has 3 atom stereocenters. The molecule has 0 unspecified atom stereocenters. The molecule has 30 heavy (non-hydrogen) atoms. The summed E-state index contributed by atoms with van der Waals surface area (Å²) >= 11 is 0. The molecule has 1 saturated heterocycles. The predicted molar refractivity (Wildman–Crippen MR) is 107 cm³/mol. The molecule has 162 valence electrons. The number of ether oxygens (including phenoxy) is 2. The Balaban J connectivity index is 1.57. The van der Waals surface area contributed by atoms with E-state index in [9.17, 15) is 13.2 Å². The lowest BCUT2D eigenvalue weighted by atomic mass is 10.1. The number of aromatic nitrogens is 3. The lowest BCUT2D eigenvalue weighted by molar-refractivity contribution is 0.0686. The fraction of sp³-hybridized carbons (Fsp3) is 0.444. The van der Waals surface area contributed by atoms with Crippen molar-refractivity contribution in [1.82, 2.24) is 20.3 Å². The summed E-state index contributed by atoms with van der Waals surface area (Å²) in [6.07, 6.45) is 6.02. The summed E-state index contributed by atoms with van der Waals surface area (Å²) in [6, 6.07) is 1.39. The molecule has 4 N–H and O–H groups in total. The smallest absolute Gasteiger partial charge is 0.407 e. The number of hydrogen-bond acceptors (Lipinski definition) is 9. The van der Waals surface area contributed by atoms with Gasteiger partial charge in [-0.05, 0) is 19.4 Å². The minimum Gasteiger partial charge on any atom is -0.444 e. The van der Waals surface area contributed by atoms with Crippen LogP contribution in [0.4, 0.5) is 16.4 Å². The SMILES string of the molecule is CC[C@H](C)NC(=O)O[C@@H]1CO[C@H](c2cnc(Nc3cncc(S(N)(=O)=O)c3)nc2)C1. The van der Waals surface area contributed by atoms with Gasteiger partial charge < -0.3 is 20.1 Å². The lowest BCUT2D eigenvalue weighted by Gasteiger charge is -2.15. The number of amides is 1. The molecule has 0 spiro atoms. The molecule has 11 nitrogen and oxygen atoms in total. The van der Waals surface area contributed by atoms with Gasteiger partial charge >= 0.3 is 6.09 Å². The van der Waals surface area contributed by atoms with Gasteiger partial charge in [0.2, 0.25) is 16.0 Å². The third-order valence-electron chi connectivity index (χ3n) is 4.55. The van der Waals surface area contributed by atoms with E-state index in [1.165, 1.54) is 12.3 Å². The van der Waals surface area contributed by atoms with Crippen LogP contribution in [0, 0.1) is 0 Å². The Morgan fingerprint density at radius 2 is 2.07 bits per heavy atom. The highest BCUT2D eigenvalue weighted by atomic mass is 32.2. The highest BCUT2D eigenvalue weighted by Gasteiger charge is 2.30. The van der Waals surface area contributed by atoms with E-state index in [0.717, 1.165) is 18.2 Å². The van der Waals surface area contributed by atoms with Crippen molar-refractivity contribution in [1.29, 1.82) is 0 Å². The van der Waals surface area contributed by atoms with Crippen molar-refractivity contribution >= 4 is 27.8 Å². The quantitative estimate of drug-likeness (QED) is 0.586. The van der Waals surface area contributed by atoms with Gasteiger partial charge in [0, 0.05) is 36.6 Å². The fourth-order valence-electron chi connectivity index (χ4n) is 2.74. The molecule has 2 aromatic heterocycles. The summed E-state index contributed by atoms with van der Waals surface area (Å²) in [5.41, 5.74) is 1.12. The van der Waals surface area contributed by atoms with E-state index in [0.29, 0.717) is 18.7 Å². The largest absolute Gasteiger partial charge is 0.444 e. The van der Waals surface area contributed by atoms with Crippen LogP contribution in [-0.2, 0) is 19.5 Å². The minimum absolute atomic E-state index is 0.0462. The Morgan fingerprint density at radius 1 is 1.33 bits per heavy atom. The van der Waals surface area contributed by atoms with Crippen LogP contribution in [0.25, 0.3) is 0 Å². The molecule has 1 aliphatic rings. The summed E-state index contributed by atoms with van der Waals surface area (Å²) in [6.45, 7) is 4.18. The van der Waals surface area contributed by atoms with Crippen LogP contribution in [0.3, 0.4) is 0 Å². The summed E-state index contributed by atoms with van der Waals surface area (Å²) < 4.78 is 33.9. The van der Waals surface area contributed by atoms with Crippen molar-refractivity contribution in [2.45, 2.75) is 49.8 Å². The Bertz CT molecular complexity index is 985. The van der Waals surface area contributed by atoms with Crippen LogP contribution in [0.2, 0.25) is 0 Å². The van der Waals surface area contributed by atoms with Gasteiger partial charge in [0.25, 0.3) is 0 Å². The number of rotatable bonds is 7. The summed E-state index contributed by atoms with van der Waals surface area (Å²) in [5, 5.41) is 10.7. The van der Waals surface area contributed by atoms with Crippen LogP contribution < -0.4 is 15.8 Å². The van der Waals surface area contributed by atoms with Crippen molar-refractivity contribution in [2.75, 3.05) is 11.9 Å². The molecule has 0 aromatic carbocycles. The average molecular weight is 436 g/mol. The number of carbonyl (C=O) groups excluding carboxylic acids is 1. The highest BCUT2D eigenvalue weighted by Crippen LogP contribution is 2.30. The van der Waals surface area contributed by atoms with Crippen LogP contribution in [-0.4, -0.2) is 48.2 Å². The summed E-state index contributed by atoms with van der Waals surface area (Å²) in [5.74, 6) is 0.255. The minimum atomic E-state index is -3.86. The maximum Gasteiger partial charge on any atom is 0.407 e. The molecule has 1 amide bonds. The number of pyridine rings is 1. The summed E-state index contributed by atoms with van der Waals surface area (Å²) in [4.78, 5) is 24.0. The monoisotopic (exact) mass is 436 g/mol. The van der Waals surface area contributed by atoms with Gasteiger partial charge in [0.1, 0.15) is 11.0 Å². The molecule has 3 heterocycles. The maximum absolute atomic E-state index is 11.8. The number of carbonyl (C=O) groups is 1. The number of primary sulfonamides is 1. The molecule has 0 saturated carbocycles. The molecule has 1 fully saturated rings. The Labute approximate surface area is 174 Å². The number of hydrogen-bond donors (Lipinski definition) is 3. The number of nitrogens with two attached hydrogens (primary N) is 1. The van der Waals surface area contributed by atoms with Crippen LogP contribution >= 0.6 is 0 Å². The van der Waals surface area contributed by atoms with Crippen LogP contribution in [0.5, 0.6) is 0 Å². The third kappa shape index (κ3) is 5.84. The van der Waals surface area contributed by atoms with E-state index in [1.54, 1.807) is 12.4 Å². The van der Waals surface area contributed by atoms with Gasteiger partial charge in [-0.25, -0.2) is 28.3 Å². The van der Waals surface area contributed by atoms with Crippen LogP contribution in [0.15, 0.2) is 35.7 Å². The van der Waals surface area contributed by atoms with E-state index in [2.05, 4.69) is 25.6 Å². The average Bonchev–Trinajstić information content (AvgIpc) is 3.16. The molecule has 1 aliphatic heterocycles. The zero-order valence-corrected chi connectivity index (χ0v) is 17.4. The van der Waals surface area contributed by atoms with Crippen LogP contribution in [0.1, 0.15) is 38.4 Å². The van der Waals surface area contributed by atoms with Gasteiger partial charge in [0.15, 0.2) is 0 Å². The van der Waals surface area contributed by atoms with Gasteiger partial charge in [-0.2, -0.15) is 0 Å². The second-order valence-electron chi connectivity index (χ2n) is 6.96. The molecular weight excluding hydrogens is 412 g/mol. The predicted octanol–water partition coefficient (Wildman–Crippen LogP) is 1.62. The number of nitrogens with zero attached hydrogens (tertiary/aromatic N) is 3. The molecule has 0 radical (unpaired) electrons. The van der Waals surface area contributed by atoms with Crippen molar-refractivity contribution in [3.63, 3.8) is 0 Å². The summed E-state index contributed by atoms with van der Waals surface area (Å²) in [7, 11) is -3.86. The number of anilines is 2. The van der Waals surface area contributed by atoms with Crippen molar-refractivity contribution in [3.05, 3.63) is 36.4 Å². The first-order valence-electron chi connectivity index (χ1n) is 9.40. The van der Waals surface area contributed by atoms with Gasteiger partial charge in [-0.1, -0.05) is 6.92 Å². The van der Waals surface area contributed by atoms with E-state index < -0.39 is 16.1 Å². The molecule has 0 aliphatic carbocycles. The van der Waals surface area contributed by atoms with Gasteiger partial charge in [-0.3, -0.25) is 4.98 Å². The first kappa shape index (κ1) is 21.9. The first-order chi connectivity index (χ1) is 14.2. The van der Waals surface area contributed by atoms with Gasteiger partial charge in [-0.15, -0.1) is 0 Å². The first-order valence-corrected chi connectivity index (χ1v) is 10.9. The van der Waals surface area contributed by atoms with E-state index in [4.69, 9.17) is 14.6 Å².